The van der Waals surface area contributed by atoms with Crippen LogP contribution in [0.2, 0.25) is 0 Å². The molecule has 1 unspecified atom stereocenters. The first-order chi connectivity index (χ1) is 16.9. The molecular weight excluding hydrogens is 439 g/mol. The number of fused-ring (bicyclic) bond motifs is 1. The first-order valence-electron chi connectivity index (χ1n) is 12.9. The summed E-state index contributed by atoms with van der Waals surface area (Å²) in [5, 5.41) is 40.2. The van der Waals surface area contributed by atoms with Gasteiger partial charge < -0.3 is 25.0 Å². The largest absolute Gasteiger partial charge is 0.490 e. The van der Waals surface area contributed by atoms with Gasteiger partial charge in [0, 0.05) is 5.56 Å². The number of benzene rings is 3. The number of aliphatic hydroxyl groups is 2. The van der Waals surface area contributed by atoms with E-state index >= 15 is 0 Å². The molecule has 0 spiro atoms. The smallest absolute Gasteiger partial charge is 0.488 e. The standard InChI is InChI=1S/C29H33BO5/c31-16-26(32)17-35-28-6-4-24(21-1-2-23-11-25(30(33)34)5-3-22(23)10-21)12-27(28)29-13-18-7-19(14-29)9-20(8-18)15-29/h1-6,10-12,18-20,26,31-34H,7-9,13-17H2. The lowest BCUT2D eigenvalue weighted by Crippen LogP contribution is -2.48. The van der Waals surface area contributed by atoms with Crippen LogP contribution in [0, 0.1) is 17.8 Å². The summed E-state index contributed by atoms with van der Waals surface area (Å²) in [6.07, 6.45) is 6.86. The molecule has 4 aliphatic rings. The van der Waals surface area contributed by atoms with Crippen LogP contribution in [0.1, 0.15) is 44.1 Å². The van der Waals surface area contributed by atoms with Gasteiger partial charge in [-0.3, -0.25) is 0 Å². The monoisotopic (exact) mass is 472 g/mol. The number of hydrogen-bond donors (Lipinski definition) is 4. The summed E-state index contributed by atoms with van der Waals surface area (Å²) < 4.78 is 6.12. The molecule has 0 aromatic heterocycles. The molecule has 182 valence electrons. The highest BCUT2D eigenvalue weighted by molar-refractivity contribution is 6.58. The predicted octanol–water partition coefficient (Wildman–Crippen LogP) is 3.39. The van der Waals surface area contributed by atoms with E-state index in [0.29, 0.717) is 5.46 Å². The fraction of sp³-hybridized carbons (Fsp3) is 0.448. The third-order valence-electron chi connectivity index (χ3n) is 8.73. The Kier molecular flexibility index (Phi) is 5.88. The molecule has 6 heteroatoms. The molecule has 7 rings (SSSR count). The molecule has 3 aromatic carbocycles. The third-order valence-corrected chi connectivity index (χ3v) is 8.73. The Morgan fingerprint density at radius 3 is 2.09 bits per heavy atom. The molecule has 4 bridgehead atoms. The third kappa shape index (κ3) is 4.27. The van der Waals surface area contributed by atoms with Crippen LogP contribution in [0.25, 0.3) is 21.9 Å². The Bertz CT molecular complexity index is 1200. The molecule has 4 fully saturated rings. The molecule has 5 nitrogen and oxygen atoms in total. The summed E-state index contributed by atoms with van der Waals surface area (Å²) in [6.45, 7) is -0.221. The van der Waals surface area contributed by atoms with E-state index in [9.17, 15) is 20.3 Å². The van der Waals surface area contributed by atoms with Crippen molar-refractivity contribution in [1.29, 1.82) is 0 Å². The zero-order chi connectivity index (χ0) is 24.2. The van der Waals surface area contributed by atoms with E-state index in [4.69, 9.17) is 4.74 Å². The van der Waals surface area contributed by atoms with Crippen molar-refractivity contribution < 1.29 is 25.0 Å². The first-order valence-corrected chi connectivity index (χ1v) is 12.9. The predicted molar refractivity (Wildman–Crippen MR) is 138 cm³/mol. The number of aliphatic hydroxyl groups excluding tert-OH is 2. The van der Waals surface area contributed by atoms with E-state index in [0.717, 1.165) is 45.4 Å². The maximum atomic E-state index is 9.92. The van der Waals surface area contributed by atoms with E-state index in [2.05, 4.69) is 24.3 Å². The molecule has 0 saturated heterocycles. The van der Waals surface area contributed by atoms with Crippen molar-refractivity contribution in [2.75, 3.05) is 13.2 Å². The number of rotatable bonds is 7. The minimum absolute atomic E-state index is 0.0875. The summed E-state index contributed by atoms with van der Waals surface area (Å²) >= 11 is 0. The van der Waals surface area contributed by atoms with Gasteiger partial charge in [-0.25, -0.2) is 0 Å². The fourth-order valence-corrected chi connectivity index (χ4v) is 7.53. The van der Waals surface area contributed by atoms with E-state index in [1.807, 2.05) is 24.3 Å². The van der Waals surface area contributed by atoms with E-state index in [1.165, 1.54) is 44.1 Å². The summed E-state index contributed by atoms with van der Waals surface area (Å²) in [5.74, 6) is 3.25. The topological polar surface area (TPSA) is 90.2 Å². The average molecular weight is 472 g/mol. The lowest BCUT2D eigenvalue weighted by atomic mass is 9.48. The first kappa shape index (κ1) is 23.0. The van der Waals surface area contributed by atoms with Gasteiger partial charge in [0.1, 0.15) is 18.5 Å². The quantitative estimate of drug-likeness (QED) is 0.396. The molecule has 3 aromatic rings. The Hall–Kier alpha value is -2.38. The summed E-state index contributed by atoms with van der Waals surface area (Å²) in [5.41, 5.74) is 4.13. The molecule has 4 N–H and O–H groups in total. The molecular formula is C29H33BO5. The zero-order valence-electron chi connectivity index (χ0n) is 19.9. The van der Waals surface area contributed by atoms with Gasteiger partial charge in [-0.1, -0.05) is 36.4 Å². The second kappa shape index (κ2) is 8.93. The van der Waals surface area contributed by atoms with Gasteiger partial charge in [0.05, 0.1) is 6.61 Å². The van der Waals surface area contributed by atoms with Gasteiger partial charge in [0.25, 0.3) is 0 Å². The van der Waals surface area contributed by atoms with Gasteiger partial charge in [-0.15, -0.1) is 0 Å². The summed E-state index contributed by atoms with van der Waals surface area (Å²) in [4.78, 5) is 0. The normalized spacial score (nSPS) is 27.8. The minimum atomic E-state index is -1.47. The SMILES string of the molecule is OCC(O)COc1ccc(-c2ccc3cc(B(O)O)ccc3c2)cc1C12CC3CC(CC(C3)C1)C2. The lowest BCUT2D eigenvalue weighted by molar-refractivity contribution is -0.00735. The molecule has 0 aliphatic heterocycles. The number of ether oxygens (including phenoxy) is 1. The van der Waals surface area contributed by atoms with Crippen molar-refractivity contribution in [3.05, 3.63) is 60.2 Å². The van der Waals surface area contributed by atoms with Crippen LogP contribution >= 0.6 is 0 Å². The highest BCUT2D eigenvalue weighted by Crippen LogP contribution is 2.62. The average Bonchev–Trinajstić information content (AvgIpc) is 2.85. The van der Waals surface area contributed by atoms with Gasteiger partial charge >= 0.3 is 7.12 Å². The van der Waals surface area contributed by atoms with Gasteiger partial charge in [0.2, 0.25) is 0 Å². The molecule has 4 saturated carbocycles. The maximum absolute atomic E-state index is 9.92. The van der Waals surface area contributed by atoms with Crippen molar-refractivity contribution in [3.8, 4) is 16.9 Å². The van der Waals surface area contributed by atoms with Crippen LogP contribution in [0.15, 0.2) is 54.6 Å². The Morgan fingerprint density at radius 2 is 1.43 bits per heavy atom. The van der Waals surface area contributed by atoms with Gasteiger partial charge in [-0.2, -0.15) is 0 Å². The molecule has 0 amide bonds. The van der Waals surface area contributed by atoms with Crippen LogP contribution < -0.4 is 10.2 Å². The number of hydrogen-bond acceptors (Lipinski definition) is 5. The van der Waals surface area contributed by atoms with Gasteiger partial charge in [-0.05, 0) is 107 Å². The highest BCUT2D eigenvalue weighted by atomic mass is 16.5. The van der Waals surface area contributed by atoms with Crippen LogP contribution in [0.4, 0.5) is 0 Å². The fourth-order valence-electron chi connectivity index (χ4n) is 7.53. The van der Waals surface area contributed by atoms with E-state index in [-0.39, 0.29) is 18.6 Å². The summed E-state index contributed by atoms with van der Waals surface area (Å²) in [6, 6.07) is 18.2. The van der Waals surface area contributed by atoms with Crippen molar-refractivity contribution in [2.24, 2.45) is 17.8 Å². The highest BCUT2D eigenvalue weighted by Gasteiger charge is 2.52. The molecule has 0 heterocycles. The molecule has 35 heavy (non-hydrogen) atoms. The second-order valence-electron chi connectivity index (χ2n) is 11.3. The van der Waals surface area contributed by atoms with Gasteiger partial charge in [0.15, 0.2) is 0 Å². The summed E-state index contributed by atoms with van der Waals surface area (Å²) in [7, 11) is -1.47. The van der Waals surface area contributed by atoms with Crippen molar-refractivity contribution in [1.82, 2.24) is 0 Å². The van der Waals surface area contributed by atoms with Crippen molar-refractivity contribution >= 4 is 23.4 Å². The van der Waals surface area contributed by atoms with Crippen molar-refractivity contribution in [2.45, 2.75) is 50.0 Å². The van der Waals surface area contributed by atoms with Crippen LogP contribution in [0.3, 0.4) is 0 Å². The van der Waals surface area contributed by atoms with Crippen LogP contribution in [-0.2, 0) is 5.41 Å². The molecule has 0 radical (unpaired) electrons. The molecule has 4 aliphatic carbocycles. The lowest BCUT2D eigenvalue weighted by Gasteiger charge is -2.57. The minimum Gasteiger partial charge on any atom is -0.490 e. The Labute approximate surface area is 206 Å². The molecule has 1 atom stereocenters. The van der Waals surface area contributed by atoms with Crippen LogP contribution in [-0.4, -0.2) is 46.7 Å². The van der Waals surface area contributed by atoms with E-state index in [1.54, 1.807) is 6.07 Å². The zero-order valence-corrected chi connectivity index (χ0v) is 19.9. The van der Waals surface area contributed by atoms with E-state index < -0.39 is 13.2 Å². The maximum Gasteiger partial charge on any atom is 0.488 e. The second-order valence-corrected chi connectivity index (χ2v) is 11.3. The van der Waals surface area contributed by atoms with Crippen molar-refractivity contribution in [3.63, 3.8) is 0 Å². The Balaban J connectivity index is 1.40. The Morgan fingerprint density at radius 1 is 0.829 bits per heavy atom. The van der Waals surface area contributed by atoms with Crippen LogP contribution in [0.5, 0.6) is 5.75 Å².